The van der Waals surface area contributed by atoms with Gasteiger partial charge in [0, 0.05) is 28.2 Å². The third-order valence-electron chi connectivity index (χ3n) is 5.02. The maximum atomic E-state index is 10.9. The van der Waals surface area contributed by atoms with Crippen molar-refractivity contribution >= 4 is 23.3 Å². The van der Waals surface area contributed by atoms with Crippen LogP contribution in [0.5, 0.6) is 0 Å². The molecule has 28 heavy (non-hydrogen) atoms. The molecule has 3 rings (SSSR count). The molecule has 0 amide bonds. The Morgan fingerprint density at radius 1 is 1.32 bits per heavy atom. The van der Waals surface area contributed by atoms with Crippen molar-refractivity contribution in [3.63, 3.8) is 0 Å². The predicted octanol–water partition coefficient (Wildman–Crippen LogP) is 4.25. The van der Waals surface area contributed by atoms with Gasteiger partial charge in [0.05, 0.1) is 17.0 Å². The van der Waals surface area contributed by atoms with Crippen molar-refractivity contribution < 1.29 is 9.90 Å². The van der Waals surface area contributed by atoms with Crippen LogP contribution in [0.3, 0.4) is 0 Å². The zero-order chi connectivity index (χ0) is 20.5. The lowest BCUT2D eigenvalue weighted by molar-refractivity contribution is -0.136. The molecule has 0 spiro atoms. The van der Waals surface area contributed by atoms with Gasteiger partial charge in [-0.2, -0.15) is 0 Å². The van der Waals surface area contributed by atoms with E-state index in [2.05, 4.69) is 49.4 Å². The molecule has 7 heteroatoms. The van der Waals surface area contributed by atoms with Gasteiger partial charge in [-0.25, -0.2) is 9.97 Å². The summed E-state index contributed by atoms with van der Waals surface area (Å²) in [5, 5.41) is 16.1. The third kappa shape index (κ3) is 5.29. The van der Waals surface area contributed by atoms with Crippen LogP contribution in [0, 0.1) is 6.92 Å². The lowest BCUT2D eigenvalue weighted by Gasteiger charge is -2.46. The van der Waals surface area contributed by atoms with E-state index in [9.17, 15) is 4.79 Å². The summed E-state index contributed by atoms with van der Waals surface area (Å²) in [6.45, 7) is 10.9. The van der Waals surface area contributed by atoms with Gasteiger partial charge in [0.1, 0.15) is 0 Å². The molecule has 6 nitrogen and oxygen atoms in total. The molecule has 0 aliphatic carbocycles. The highest BCUT2D eigenvalue weighted by Gasteiger charge is 2.37. The molecule has 3 N–H and O–H groups in total. The average Bonchev–Trinajstić information content (AvgIpc) is 2.91. The normalized spacial score (nSPS) is 18.8. The van der Waals surface area contributed by atoms with Crippen LogP contribution in [0.15, 0.2) is 18.3 Å². The summed E-state index contributed by atoms with van der Waals surface area (Å²) < 4.78 is 0. The highest BCUT2D eigenvalue weighted by molar-refractivity contribution is 7.15. The Labute approximate surface area is 170 Å². The monoisotopic (exact) mass is 402 g/mol. The molecule has 2 aromatic rings. The molecular formula is C21H30N4O2S. The number of nitrogens with zero attached hydrogens (tertiary/aromatic N) is 2. The van der Waals surface area contributed by atoms with Crippen LogP contribution < -0.4 is 10.6 Å². The van der Waals surface area contributed by atoms with Gasteiger partial charge in [-0.15, -0.1) is 11.3 Å². The van der Waals surface area contributed by atoms with Gasteiger partial charge >= 0.3 is 5.97 Å². The molecule has 0 bridgehead atoms. The van der Waals surface area contributed by atoms with Crippen LogP contribution in [0.2, 0.25) is 0 Å². The van der Waals surface area contributed by atoms with Gasteiger partial charge in [-0.3, -0.25) is 4.79 Å². The van der Waals surface area contributed by atoms with E-state index in [-0.39, 0.29) is 17.5 Å². The van der Waals surface area contributed by atoms with Crippen molar-refractivity contribution in [3.05, 3.63) is 28.8 Å². The molecule has 1 aliphatic heterocycles. The summed E-state index contributed by atoms with van der Waals surface area (Å²) in [7, 11) is 0. The molecule has 0 radical (unpaired) electrons. The zero-order valence-corrected chi connectivity index (χ0v) is 18.1. The van der Waals surface area contributed by atoms with E-state index in [0.717, 1.165) is 33.9 Å². The number of carboxylic acids is 1. The molecule has 0 saturated carbocycles. The number of rotatable bonds is 6. The summed E-state index contributed by atoms with van der Waals surface area (Å²) >= 11 is 1.62. The largest absolute Gasteiger partial charge is 0.481 e. The highest BCUT2D eigenvalue weighted by atomic mass is 32.1. The Morgan fingerprint density at radius 2 is 2.00 bits per heavy atom. The number of aryl methyl sites for hydroxylation is 2. The quantitative estimate of drug-likeness (QED) is 0.669. The first-order valence-electron chi connectivity index (χ1n) is 9.73. The Kier molecular flexibility index (Phi) is 5.77. The van der Waals surface area contributed by atoms with E-state index in [1.165, 1.54) is 0 Å². The molecule has 1 aliphatic rings. The van der Waals surface area contributed by atoms with Gasteiger partial charge < -0.3 is 15.7 Å². The number of nitrogens with one attached hydrogen (secondary N) is 2. The number of hydrogen-bond donors (Lipinski definition) is 3. The van der Waals surface area contributed by atoms with Crippen LogP contribution in [-0.2, 0) is 11.2 Å². The molecule has 2 aromatic heterocycles. The van der Waals surface area contributed by atoms with Crippen LogP contribution >= 0.6 is 11.3 Å². The lowest BCUT2D eigenvalue weighted by Crippen LogP contribution is -2.60. The van der Waals surface area contributed by atoms with Crippen LogP contribution in [0.1, 0.15) is 57.4 Å². The van der Waals surface area contributed by atoms with Crippen molar-refractivity contribution in [2.24, 2.45) is 0 Å². The van der Waals surface area contributed by atoms with Crippen molar-refractivity contribution in [2.75, 3.05) is 5.32 Å². The Morgan fingerprint density at radius 3 is 2.64 bits per heavy atom. The van der Waals surface area contributed by atoms with Crippen LogP contribution in [0.25, 0.3) is 10.6 Å². The second-order valence-corrected chi connectivity index (χ2v) is 10.2. The first kappa shape index (κ1) is 20.7. The van der Waals surface area contributed by atoms with Crippen molar-refractivity contribution in [1.82, 2.24) is 15.3 Å². The maximum Gasteiger partial charge on any atom is 0.303 e. The van der Waals surface area contributed by atoms with Gasteiger partial charge in [0.25, 0.3) is 0 Å². The van der Waals surface area contributed by atoms with E-state index in [4.69, 9.17) is 10.1 Å². The topological polar surface area (TPSA) is 87.1 Å². The molecule has 3 heterocycles. The Bertz CT molecular complexity index is 844. The maximum absolute atomic E-state index is 10.9. The smallest absolute Gasteiger partial charge is 0.303 e. The van der Waals surface area contributed by atoms with Gasteiger partial charge in [-0.1, -0.05) is 0 Å². The van der Waals surface area contributed by atoms with Gasteiger partial charge in [0.15, 0.2) is 0 Å². The summed E-state index contributed by atoms with van der Waals surface area (Å²) in [5.74, 6) is -0.121. The standard InChI is InChI=1S/C21H30N4O2S/c1-13-10-17(28-16(13)6-7-18(26)27)15-8-9-22-19(24-15)23-14-11-20(2,3)25-21(4,5)12-14/h8-10,14,25H,6-7,11-12H2,1-5H3,(H,26,27)(H,22,23,24). The molecular weight excluding hydrogens is 372 g/mol. The zero-order valence-electron chi connectivity index (χ0n) is 17.3. The number of aliphatic carboxylic acids is 1. The van der Waals surface area contributed by atoms with Crippen molar-refractivity contribution in [1.29, 1.82) is 0 Å². The van der Waals surface area contributed by atoms with E-state index < -0.39 is 5.97 Å². The predicted molar refractivity (Wildman–Crippen MR) is 114 cm³/mol. The number of hydrogen-bond acceptors (Lipinski definition) is 6. The number of anilines is 1. The summed E-state index contributed by atoms with van der Waals surface area (Å²) in [4.78, 5) is 22.2. The molecule has 0 unspecified atom stereocenters. The minimum absolute atomic E-state index is 0.0565. The Balaban J connectivity index is 1.76. The second kappa shape index (κ2) is 7.79. The number of carboxylic acid groups (broad SMARTS) is 1. The fourth-order valence-corrected chi connectivity index (χ4v) is 5.43. The van der Waals surface area contributed by atoms with Crippen LogP contribution in [0.4, 0.5) is 5.95 Å². The van der Waals surface area contributed by atoms with Crippen LogP contribution in [-0.4, -0.2) is 38.2 Å². The lowest BCUT2D eigenvalue weighted by atomic mass is 9.80. The van der Waals surface area contributed by atoms with Gasteiger partial charge in [0.2, 0.25) is 5.95 Å². The first-order valence-corrected chi connectivity index (χ1v) is 10.6. The summed E-state index contributed by atoms with van der Waals surface area (Å²) in [6.07, 6.45) is 4.50. The van der Waals surface area contributed by atoms with E-state index in [1.54, 1.807) is 17.5 Å². The highest BCUT2D eigenvalue weighted by Crippen LogP contribution is 2.32. The third-order valence-corrected chi connectivity index (χ3v) is 6.34. The molecule has 0 aromatic carbocycles. The average molecular weight is 403 g/mol. The van der Waals surface area contributed by atoms with Crippen molar-refractivity contribution in [2.45, 2.75) is 77.4 Å². The number of carbonyl (C=O) groups is 1. The first-order chi connectivity index (χ1) is 13.0. The Hall–Kier alpha value is -1.99. The van der Waals surface area contributed by atoms with E-state index >= 15 is 0 Å². The number of piperidine rings is 1. The van der Waals surface area contributed by atoms with E-state index in [1.807, 2.05) is 13.0 Å². The molecule has 0 atom stereocenters. The molecule has 1 saturated heterocycles. The molecule has 152 valence electrons. The number of thiophene rings is 1. The summed E-state index contributed by atoms with van der Waals surface area (Å²) in [5.41, 5.74) is 2.11. The summed E-state index contributed by atoms with van der Waals surface area (Å²) in [6, 6.07) is 4.30. The van der Waals surface area contributed by atoms with Crippen molar-refractivity contribution in [3.8, 4) is 10.6 Å². The fourth-order valence-electron chi connectivity index (χ4n) is 4.29. The minimum atomic E-state index is -0.768. The SMILES string of the molecule is Cc1cc(-c2ccnc(NC3CC(C)(C)NC(C)(C)C3)n2)sc1CCC(=O)O. The van der Waals surface area contributed by atoms with E-state index in [0.29, 0.717) is 18.4 Å². The van der Waals surface area contributed by atoms with Gasteiger partial charge in [-0.05, 0) is 71.6 Å². The molecule has 1 fully saturated rings. The fraction of sp³-hybridized carbons (Fsp3) is 0.571. The second-order valence-electron chi connectivity index (χ2n) is 9.02. The number of aromatic nitrogens is 2. The minimum Gasteiger partial charge on any atom is -0.481 e.